The van der Waals surface area contributed by atoms with E-state index in [1.54, 1.807) is 18.3 Å². The Morgan fingerprint density at radius 3 is 2.93 bits per heavy atom. The number of aromatic nitrogens is 3. The van der Waals surface area contributed by atoms with E-state index in [0.717, 1.165) is 36.3 Å². The molecule has 5 nitrogen and oxygen atoms in total. The normalized spacial score (nSPS) is 11.6. The van der Waals surface area contributed by atoms with E-state index in [2.05, 4.69) is 4.98 Å². The van der Waals surface area contributed by atoms with Gasteiger partial charge in [0.25, 0.3) is 5.56 Å². The second kappa shape index (κ2) is 5.85. The first-order chi connectivity index (χ1) is 13.1. The minimum Gasteiger partial charge on any atom is -0.619 e. The fourth-order valence-electron chi connectivity index (χ4n) is 3.45. The number of aromatic amines is 1. The van der Waals surface area contributed by atoms with Gasteiger partial charge in [-0.1, -0.05) is 0 Å². The number of nitrogens with one attached hydrogen (secondary N) is 1. The van der Waals surface area contributed by atoms with Crippen LogP contribution in [-0.2, 0) is 6.42 Å². The van der Waals surface area contributed by atoms with Gasteiger partial charge in [0.2, 0.25) is 0 Å². The van der Waals surface area contributed by atoms with Crippen LogP contribution in [0, 0.1) is 11.0 Å². The van der Waals surface area contributed by atoms with Crippen LogP contribution in [-0.4, -0.2) is 9.97 Å². The van der Waals surface area contributed by atoms with Crippen LogP contribution in [0.3, 0.4) is 0 Å². The molecule has 0 bridgehead atoms. The highest BCUT2D eigenvalue weighted by Crippen LogP contribution is 2.37. The van der Waals surface area contributed by atoms with Crippen LogP contribution >= 0.6 is 11.3 Å². The van der Waals surface area contributed by atoms with Crippen molar-refractivity contribution < 1.29 is 9.12 Å². The molecule has 7 heteroatoms. The highest BCUT2D eigenvalue weighted by Gasteiger charge is 2.16. The Morgan fingerprint density at radius 1 is 1.19 bits per heavy atom. The molecule has 0 atom stereocenters. The zero-order valence-electron chi connectivity index (χ0n) is 13.9. The van der Waals surface area contributed by atoms with Crippen LogP contribution in [0.4, 0.5) is 4.39 Å². The maximum atomic E-state index is 13.9. The molecule has 5 rings (SSSR count). The van der Waals surface area contributed by atoms with E-state index >= 15 is 0 Å². The predicted molar refractivity (Wildman–Crippen MR) is 103 cm³/mol. The molecule has 0 aliphatic carbocycles. The van der Waals surface area contributed by atoms with Gasteiger partial charge in [0.05, 0.1) is 20.6 Å². The van der Waals surface area contributed by atoms with E-state index < -0.39 is 5.82 Å². The molecule has 0 fully saturated rings. The Bertz CT molecular complexity index is 1410. The summed E-state index contributed by atoms with van der Waals surface area (Å²) in [6.45, 7) is 0. The Kier molecular flexibility index (Phi) is 3.45. The molecule has 0 aliphatic rings. The van der Waals surface area contributed by atoms with Gasteiger partial charge in [0.1, 0.15) is 5.82 Å². The van der Waals surface area contributed by atoms with Crippen molar-refractivity contribution in [1.29, 1.82) is 0 Å². The molecule has 0 saturated heterocycles. The molecule has 0 radical (unpaired) electrons. The number of nitrogens with zero attached hydrogens (tertiary/aromatic N) is 2. The van der Waals surface area contributed by atoms with Gasteiger partial charge in [-0.15, -0.1) is 11.3 Å². The van der Waals surface area contributed by atoms with Crippen molar-refractivity contribution in [2.75, 3.05) is 0 Å². The lowest BCUT2D eigenvalue weighted by Crippen LogP contribution is -2.24. The van der Waals surface area contributed by atoms with Crippen molar-refractivity contribution in [2.45, 2.75) is 6.42 Å². The average molecular weight is 377 g/mol. The molecular formula is C20H12FN3O2S. The first-order valence-electron chi connectivity index (χ1n) is 8.30. The van der Waals surface area contributed by atoms with Crippen molar-refractivity contribution in [2.24, 2.45) is 0 Å². The van der Waals surface area contributed by atoms with Crippen molar-refractivity contribution in [3.63, 3.8) is 0 Å². The lowest BCUT2D eigenvalue weighted by Gasteiger charge is -2.05. The van der Waals surface area contributed by atoms with Gasteiger partial charge < -0.3 is 10.2 Å². The summed E-state index contributed by atoms with van der Waals surface area (Å²) in [5.74, 6) is -0.397. The van der Waals surface area contributed by atoms with Gasteiger partial charge in [-0.2, -0.15) is 4.73 Å². The molecule has 1 N–H and O–H groups in total. The summed E-state index contributed by atoms with van der Waals surface area (Å²) in [4.78, 5) is 19.9. The van der Waals surface area contributed by atoms with Crippen molar-refractivity contribution in [3.8, 4) is 0 Å². The van der Waals surface area contributed by atoms with Gasteiger partial charge in [-0.3, -0.25) is 4.79 Å². The zero-order valence-corrected chi connectivity index (χ0v) is 14.7. The van der Waals surface area contributed by atoms with E-state index in [9.17, 15) is 14.4 Å². The number of benzene rings is 2. The average Bonchev–Trinajstić information content (AvgIpc) is 3.05. The Labute approximate surface area is 155 Å². The molecule has 0 amide bonds. The lowest BCUT2D eigenvalue weighted by atomic mass is 10.0. The molecule has 0 aliphatic heterocycles. The summed E-state index contributed by atoms with van der Waals surface area (Å²) in [5, 5.41) is 14.8. The summed E-state index contributed by atoms with van der Waals surface area (Å²) < 4.78 is 15.5. The minimum atomic E-state index is -0.397. The van der Waals surface area contributed by atoms with Crippen LogP contribution < -0.4 is 10.3 Å². The van der Waals surface area contributed by atoms with Gasteiger partial charge in [-0.25, -0.2) is 9.37 Å². The number of H-pyrrole nitrogens is 1. The Morgan fingerprint density at radius 2 is 2.07 bits per heavy atom. The summed E-state index contributed by atoms with van der Waals surface area (Å²) in [6, 6.07) is 9.81. The highest BCUT2D eigenvalue weighted by atomic mass is 32.1. The number of hydrogen-bond donors (Lipinski definition) is 1. The van der Waals surface area contributed by atoms with Crippen LogP contribution in [0.2, 0.25) is 0 Å². The number of pyridine rings is 2. The van der Waals surface area contributed by atoms with E-state index in [4.69, 9.17) is 4.98 Å². The van der Waals surface area contributed by atoms with Gasteiger partial charge in [0, 0.05) is 40.4 Å². The van der Waals surface area contributed by atoms with Gasteiger partial charge in [-0.05, 0) is 30.3 Å². The number of fused-ring (bicyclic) bond motifs is 6. The maximum Gasteiger partial charge on any atom is 0.256 e. The standard InChI is InChI=1S/C20H12FN3O2S/c21-12-3-4-13-15(9-12)17-14(5-6-22-20(17)25)19-18(13)23-16(27-19)8-11-2-1-7-24(26)10-11/h1-7,9-10H,8H2,(H,22,25). The number of hydrogen-bond acceptors (Lipinski definition) is 4. The predicted octanol–water partition coefficient (Wildman–Crippen LogP) is 3.65. The first-order valence-corrected chi connectivity index (χ1v) is 9.11. The summed E-state index contributed by atoms with van der Waals surface area (Å²) in [7, 11) is 0. The monoisotopic (exact) mass is 377 g/mol. The van der Waals surface area contributed by atoms with Gasteiger partial charge >= 0.3 is 0 Å². The molecule has 0 saturated carbocycles. The molecular weight excluding hydrogens is 365 g/mol. The summed E-state index contributed by atoms with van der Waals surface area (Å²) >= 11 is 1.49. The maximum absolute atomic E-state index is 13.9. The summed E-state index contributed by atoms with van der Waals surface area (Å²) in [6.07, 6.45) is 5.05. The number of halogens is 1. The van der Waals surface area contributed by atoms with Crippen LogP contribution in [0.15, 0.2) is 59.8 Å². The second-order valence-corrected chi connectivity index (χ2v) is 7.40. The molecule has 3 heterocycles. The minimum absolute atomic E-state index is 0.254. The van der Waals surface area contributed by atoms with E-state index in [1.165, 1.54) is 35.9 Å². The topological polar surface area (TPSA) is 72.7 Å². The lowest BCUT2D eigenvalue weighted by molar-refractivity contribution is -0.605. The number of thiazole rings is 1. The SMILES string of the molecule is O=c1[nH]ccc2c3sc(Cc4ccc[n+]([O-])c4)nc3c3ccc(F)cc3c12. The van der Waals surface area contributed by atoms with E-state index in [0.29, 0.717) is 17.2 Å². The molecule has 132 valence electrons. The van der Waals surface area contributed by atoms with Crippen LogP contribution in [0.25, 0.3) is 31.8 Å². The van der Waals surface area contributed by atoms with Crippen molar-refractivity contribution in [1.82, 2.24) is 9.97 Å². The molecule has 0 spiro atoms. The van der Waals surface area contributed by atoms with Crippen LogP contribution in [0.1, 0.15) is 10.6 Å². The zero-order chi connectivity index (χ0) is 18.5. The first kappa shape index (κ1) is 15.9. The fourth-order valence-corrected chi connectivity index (χ4v) is 4.59. The number of rotatable bonds is 2. The summed E-state index contributed by atoms with van der Waals surface area (Å²) in [5.41, 5.74) is 1.34. The third-order valence-corrected chi connectivity index (χ3v) is 5.66. The van der Waals surface area contributed by atoms with Crippen molar-refractivity contribution in [3.05, 3.63) is 86.9 Å². The molecule has 5 aromatic rings. The Hall–Kier alpha value is -3.32. The largest absolute Gasteiger partial charge is 0.619 e. The van der Waals surface area contributed by atoms with Crippen molar-refractivity contribution >= 4 is 43.1 Å². The Balaban J connectivity index is 1.84. The quantitative estimate of drug-likeness (QED) is 0.290. The molecule has 2 aromatic carbocycles. The van der Waals surface area contributed by atoms with E-state index in [-0.39, 0.29) is 5.56 Å². The van der Waals surface area contributed by atoms with Gasteiger partial charge in [0.15, 0.2) is 12.4 Å². The second-order valence-electron chi connectivity index (χ2n) is 6.32. The molecule has 3 aromatic heterocycles. The van der Waals surface area contributed by atoms with E-state index in [1.807, 2.05) is 12.1 Å². The smallest absolute Gasteiger partial charge is 0.256 e. The third-order valence-electron chi connectivity index (χ3n) is 4.57. The van der Waals surface area contributed by atoms with Crippen LogP contribution in [0.5, 0.6) is 0 Å². The third kappa shape index (κ3) is 2.55. The fraction of sp³-hybridized carbons (Fsp3) is 0.0500. The molecule has 0 unspecified atom stereocenters. The highest BCUT2D eigenvalue weighted by molar-refractivity contribution is 7.19. The molecule has 27 heavy (non-hydrogen) atoms.